The Morgan fingerprint density at radius 1 is 1.17 bits per heavy atom. The van der Waals surface area contributed by atoms with Crippen molar-refractivity contribution in [2.45, 2.75) is 20.4 Å². The van der Waals surface area contributed by atoms with E-state index in [2.05, 4.69) is 26.7 Å². The lowest BCUT2D eigenvalue weighted by molar-refractivity contribution is 0.249. The predicted molar refractivity (Wildman–Crippen MR) is 92.1 cm³/mol. The Balaban J connectivity index is 1.63. The second-order valence-corrected chi connectivity index (χ2v) is 6.37. The number of phenolic OH excluding ortho intramolecular Hbond substituents is 1. The number of aromatic hydroxyl groups is 1. The van der Waals surface area contributed by atoms with Crippen molar-refractivity contribution in [1.82, 2.24) is 14.9 Å². The first-order chi connectivity index (χ1) is 11.0. The Kier molecular flexibility index (Phi) is 4.68. The SMILES string of the molecule is Cc1ncc(C)c(N2CCN(Cc3ccc(O)cc3Cl)CC2)n1. The van der Waals surface area contributed by atoms with E-state index < -0.39 is 0 Å². The average Bonchev–Trinajstić information content (AvgIpc) is 2.53. The van der Waals surface area contributed by atoms with Gasteiger partial charge < -0.3 is 10.0 Å². The highest BCUT2D eigenvalue weighted by atomic mass is 35.5. The normalized spacial score (nSPS) is 15.9. The van der Waals surface area contributed by atoms with Crippen molar-refractivity contribution >= 4 is 17.4 Å². The highest BCUT2D eigenvalue weighted by Crippen LogP contribution is 2.24. The molecule has 0 atom stereocenters. The van der Waals surface area contributed by atoms with Crippen LogP contribution in [0.25, 0.3) is 0 Å². The van der Waals surface area contributed by atoms with Crippen LogP contribution in [0.15, 0.2) is 24.4 Å². The summed E-state index contributed by atoms with van der Waals surface area (Å²) in [5.41, 5.74) is 2.16. The lowest BCUT2D eigenvalue weighted by Crippen LogP contribution is -2.46. The van der Waals surface area contributed by atoms with Crippen LogP contribution in [0.4, 0.5) is 5.82 Å². The Labute approximate surface area is 141 Å². The number of aryl methyl sites for hydroxylation is 2. The van der Waals surface area contributed by atoms with Crippen LogP contribution in [-0.2, 0) is 6.54 Å². The molecule has 1 saturated heterocycles. The van der Waals surface area contributed by atoms with Gasteiger partial charge in [-0.2, -0.15) is 0 Å². The molecule has 0 amide bonds. The molecule has 0 spiro atoms. The molecule has 6 heteroatoms. The molecule has 5 nitrogen and oxygen atoms in total. The molecule has 1 aromatic heterocycles. The van der Waals surface area contributed by atoms with E-state index in [-0.39, 0.29) is 5.75 Å². The van der Waals surface area contributed by atoms with Gasteiger partial charge in [0.05, 0.1) is 0 Å². The van der Waals surface area contributed by atoms with E-state index in [0.717, 1.165) is 55.5 Å². The number of hydrogen-bond acceptors (Lipinski definition) is 5. The fourth-order valence-corrected chi connectivity index (χ4v) is 3.10. The van der Waals surface area contributed by atoms with Gasteiger partial charge in [0.15, 0.2) is 0 Å². The third-order valence-electron chi connectivity index (χ3n) is 4.17. The van der Waals surface area contributed by atoms with E-state index in [1.54, 1.807) is 12.1 Å². The summed E-state index contributed by atoms with van der Waals surface area (Å²) in [6.07, 6.45) is 1.89. The van der Waals surface area contributed by atoms with E-state index in [9.17, 15) is 5.11 Å². The number of benzene rings is 1. The summed E-state index contributed by atoms with van der Waals surface area (Å²) < 4.78 is 0. The van der Waals surface area contributed by atoms with E-state index in [4.69, 9.17) is 11.6 Å². The molecule has 0 bridgehead atoms. The summed E-state index contributed by atoms with van der Waals surface area (Å²) in [5.74, 6) is 2.06. The maximum absolute atomic E-state index is 9.44. The third kappa shape index (κ3) is 3.74. The summed E-state index contributed by atoms with van der Waals surface area (Å²) >= 11 is 6.20. The van der Waals surface area contributed by atoms with Crippen LogP contribution < -0.4 is 4.90 Å². The van der Waals surface area contributed by atoms with E-state index in [0.29, 0.717) is 5.02 Å². The quantitative estimate of drug-likeness (QED) is 0.936. The smallest absolute Gasteiger partial charge is 0.135 e. The van der Waals surface area contributed by atoms with Crippen LogP contribution in [0.1, 0.15) is 17.0 Å². The summed E-state index contributed by atoms with van der Waals surface area (Å²) in [7, 11) is 0. The van der Waals surface area contributed by atoms with Gasteiger partial charge in [0.25, 0.3) is 0 Å². The minimum atomic E-state index is 0.207. The molecular formula is C17H21ClN4O. The van der Waals surface area contributed by atoms with E-state index >= 15 is 0 Å². The van der Waals surface area contributed by atoms with Crippen molar-refractivity contribution in [2.24, 2.45) is 0 Å². The molecule has 0 saturated carbocycles. The van der Waals surface area contributed by atoms with Gasteiger partial charge >= 0.3 is 0 Å². The maximum Gasteiger partial charge on any atom is 0.135 e. The van der Waals surface area contributed by atoms with Gasteiger partial charge in [-0.15, -0.1) is 0 Å². The Morgan fingerprint density at radius 2 is 1.91 bits per heavy atom. The van der Waals surface area contributed by atoms with Gasteiger partial charge in [0.2, 0.25) is 0 Å². The van der Waals surface area contributed by atoms with Crippen molar-refractivity contribution < 1.29 is 5.11 Å². The predicted octanol–water partition coefficient (Wildman–Crippen LogP) is 2.77. The number of halogens is 1. The highest BCUT2D eigenvalue weighted by Gasteiger charge is 2.20. The molecular weight excluding hydrogens is 312 g/mol. The van der Waals surface area contributed by atoms with E-state index in [1.807, 2.05) is 19.2 Å². The summed E-state index contributed by atoms with van der Waals surface area (Å²) in [5, 5.41) is 10.1. The lowest BCUT2D eigenvalue weighted by Gasteiger charge is -2.36. The standard InChI is InChI=1S/C17H21ClN4O/c1-12-10-19-13(2)20-17(12)22-7-5-21(6-8-22)11-14-3-4-15(23)9-16(14)18/h3-4,9-10,23H,5-8,11H2,1-2H3. The molecule has 0 aliphatic carbocycles. The monoisotopic (exact) mass is 332 g/mol. The number of hydrogen-bond donors (Lipinski definition) is 1. The first kappa shape index (κ1) is 16.0. The fraction of sp³-hybridized carbons (Fsp3) is 0.412. The second kappa shape index (κ2) is 6.72. The van der Waals surface area contributed by atoms with Gasteiger partial charge in [-0.1, -0.05) is 17.7 Å². The molecule has 3 rings (SSSR count). The van der Waals surface area contributed by atoms with Crippen LogP contribution in [0.2, 0.25) is 5.02 Å². The Morgan fingerprint density at radius 3 is 2.61 bits per heavy atom. The van der Waals surface area contributed by atoms with Crippen LogP contribution in [0.5, 0.6) is 5.75 Å². The maximum atomic E-state index is 9.44. The Bertz CT molecular complexity index is 699. The molecule has 0 radical (unpaired) electrons. The van der Waals surface area contributed by atoms with Gasteiger partial charge in [-0.25, -0.2) is 9.97 Å². The summed E-state index contributed by atoms with van der Waals surface area (Å²) in [6, 6.07) is 5.17. The van der Waals surface area contributed by atoms with Crippen molar-refractivity contribution in [3.05, 3.63) is 46.4 Å². The molecule has 1 fully saturated rings. The second-order valence-electron chi connectivity index (χ2n) is 5.96. The molecule has 2 heterocycles. The van der Waals surface area contributed by atoms with Crippen LogP contribution in [0.3, 0.4) is 0 Å². The number of anilines is 1. The zero-order chi connectivity index (χ0) is 16.4. The number of nitrogens with zero attached hydrogens (tertiary/aromatic N) is 4. The van der Waals surface area contributed by atoms with Gasteiger partial charge in [-0.3, -0.25) is 4.90 Å². The Hall–Kier alpha value is -1.85. The molecule has 1 aliphatic heterocycles. The summed E-state index contributed by atoms with van der Waals surface area (Å²) in [4.78, 5) is 13.5. The fourth-order valence-electron chi connectivity index (χ4n) is 2.86. The van der Waals surface area contributed by atoms with Crippen molar-refractivity contribution in [3.63, 3.8) is 0 Å². The van der Waals surface area contributed by atoms with Crippen molar-refractivity contribution in [2.75, 3.05) is 31.1 Å². The minimum absolute atomic E-state index is 0.207. The number of phenols is 1. The molecule has 0 unspecified atom stereocenters. The van der Waals surface area contributed by atoms with Crippen LogP contribution in [0, 0.1) is 13.8 Å². The number of aromatic nitrogens is 2. The van der Waals surface area contributed by atoms with Crippen molar-refractivity contribution in [1.29, 1.82) is 0 Å². The van der Waals surface area contributed by atoms with Crippen LogP contribution >= 0.6 is 11.6 Å². The first-order valence-corrected chi connectivity index (χ1v) is 8.15. The molecule has 1 aliphatic rings. The topological polar surface area (TPSA) is 52.5 Å². The third-order valence-corrected chi connectivity index (χ3v) is 4.52. The molecule has 23 heavy (non-hydrogen) atoms. The largest absolute Gasteiger partial charge is 0.508 e. The highest BCUT2D eigenvalue weighted by molar-refractivity contribution is 6.31. The molecule has 1 aromatic carbocycles. The summed E-state index contributed by atoms with van der Waals surface area (Å²) in [6.45, 7) is 8.57. The van der Waals surface area contributed by atoms with Gasteiger partial charge in [-0.05, 0) is 31.5 Å². The zero-order valence-electron chi connectivity index (χ0n) is 13.5. The van der Waals surface area contributed by atoms with E-state index in [1.165, 1.54) is 0 Å². The van der Waals surface area contributed by atoms with Gasteiger partial charge in [0, 0.05) is 49.5 Å². The number of rotatable bonds is 3. The number of piperazine rings is 1. The van der Waals surface area contributed by atoms with Crippen LogP contribution in [-0.4, -0.2) is 46.2 Å². The molecule has 122 valence electrons. The molecule has 2 aromatic rings. The first-order valence-electron chi connectivity index (χ1n) is 7.78. The zero-order valence-corrected chi connectivity index (χ0v) is 14.2. The van der Waals surface area contributed by atoms with Gasteiger partial charge in [0.1, 0.15) is 17.4 Å². The minimum Gasteiger partial charge on any atom is -0.508 e. The lowest BCUT2D eigenvalue weighted by atomic mass is 10.2. The average molecular weight is 333 g/mol. The molecule has 1 N–H and O–H groups in total. The van der Waals surface area contributed by atoms with Crippen molar-refractivity contribution in [3.8, 4) is 5.75 Å².